The maximum atomic E-state index is 2.62. The van der Waals surface area contributed by atoms with Crippen molar-refractivity contribution in [3.8, 4) is 0 Å². The van der Waals surface area contributed by atoms with Crippen molar-refractivity contribution in [3.05, 3.63) is 11.6 Å². The van der Waals surface area contributed by atoms with Crippen molar-refractivity contribution in [3.63, 3.8) is 0 Å². The van der Waals surface area contributed by atoms with Gasteiger partial charge in [-0.15, -0.1) is 0 Å². The van der Waals surface area contributed by atoms with E-state index in [1.54, 1.807) is 5.57 Å². The Kier molecular flexibility index (Phi) is 5.03. The van der Waals surface area contributed by atoms with Crippen LogP contribution in [0.3, 0.4) is 0 Å². The van der Waals surface area contributed by atoms with Crippen molar-refractivity contribution in [2.24, 2.45) is 11.8 Å². The molecule has 0 saturated carbocycles. The number of alkyl halides is 2. The highest BCUT2D eigenvalue weighted by Gasteiger charge is 2.27. The van der Waals surface area contributed by atoms with Crippen LogP contribution >= 0.6 is 45.2 Å². The molecule has 0 amide bonds. The molecule has 0 aromatic heterocycles. The molecule has 0 N–H and O–H groups in total. The number of hydrogen-bond donors (Lipinski definition) is 0. The standard InChI is InChI=1S/C11H18I2/c1-4-10(12)9-5-7(2)8(3)11(13)6-9/h5,8-11H,4,6H2,1-3H3. The molecule has 76 valence electrons. The summed E-state index contributed by atoms with van der Waals surface area (Å²) in [5, 5.41) is 0. The SMILES string of the molecule is CCC(I)C1C=C(C)C(C)C(I)C1. The quantitative estimate of drug-likeness (QED) is 0.359. The molecule has 1 aliphatic carbocycles. The topological polar surface area (TPSA) is 0 Å². The predicted octanol–water partition coefficient (Wildman–Crippen LogP) is 4.61. The summed E-state index contributed by atoms with van der Waals surface area (Å²) < 4.78 is 1.67. The molecule has 0 heterocycles. The molecule has 0 aliphatic heterocycles. The van der Waals surface area contributed by atoms with Gasteiger partial charge in [0.25, 0.3) is 0 Å². The Morgan fingerprint density at radius 1 is 1.62 bits per heavy atom. The zero-order chi connectivity index (χ0) is 10.0. The third-order valence-corrected chi connectivity index (χ3v) is 6.48. The molecule has 4 atom stereocenters. The minimum Gasteiger partial charge on any atom is -0.0820 e. The smallest absolute Gasteiger partial charge is 0.0178 e. The van der Waals surface area contributed by atoms with Gasteiger partial charge in [-0.1, -0.05) is 70.7 Å². The van der Waals surface area contributed by atoms with E-state index < -0.39 is 0 Å². The van der Waals surface area contributed by atoms with Crippen LogP contribution in [0.25, 0.3) is 0 Å². The molecule has 0 radical (unpaired) electrons. The first-order valence-electron chi connectivity index (χ1n) is 5.02. The summed E-state index contributed by atoms with van der Waals surface area (Å²) in [6.45, 7) is 6.94. The van der Waals surface area contributed by atoms with Gasteiger partial charge in [0, 0.05) is 7.85 Å². The van der Waals surface area contributed by atoms with E-state index >= 15 is 0 Å². The van der Waals surface area contributed by atoms with E-state index in [0.29, 0.717) is 0 Å². The Labute approximate surface area is 109 Å². The van der Waals surface area contributed by atoms with Gasteiger partial charge in [0.05, 0.1) is 0 Å². The third-order valence-electron chi connectivity index (χ3n) is 3.09. The lowest BCUT2D eigenvalue weighted by atomic mass is 9.82. The summed E-state index contributed by atoms with van der Waals surface area (Å²) in [7, 11) is 0. The van der Waals surface area contributed by atoms with Crippen molar-refractivity contribution >= 4 is 45.2 Å². The zero-order valence-electron chi connectivity index (χ0n) is 8.56. The molecule has 1 rings (SSSR count). The minimum absolute atomic E-state index is 0.789. The van der Waals surface area contributed by atoms with Gasteiger partial charge in [-0.2, -0.15) is 0 Å². The predicted molar refractivity (Wildman–Crippen MR) is 76.9 cm³/mol. The van der Waals surface area contributed by atoms with Crippen LogP contribution < -0.4 is 0 Å². The molecule has 0 aromatic rings. The summed E-state index contributed by atoms with van der Waals surface area (Å²) in [5.41, 5.74) is 1.60. The first-order valence-corrected chi connectivity index (χ1v) is 7.51. The van der Waals surface area contributed by atoms with Crippen molar-refractivity contribution < 1.29 is 0 Å². The van der Waals surface area contributed by atoms with Crippen LogP contribution in [0.4, 0.5) is 0 Å². The lowest BCUT2D eigenvalue weighted by molar-refractivity contribution is 0.472. The highest BCUT2D eigenvalue weighted by Crippen LogP contribution is 2.37. The largest absolute Gasteiger partial charge is 0.0820 e. The minimum atomic E-state index is 0.789. The number of hydrogen-bond acceptors (Lipinski definition) is 0. The van der Waals surface area contributed by atoms with Crippen LogP contribution in [0.15, 0.2) is 11.6 Å². The second kappa shape index (κ2) is 5.33. The summed E-state index contributed by atoms with van der Waals surface area (Å²) in [6, 6.07) is 0. The van der Waals surface area contributed by atoms with E-state index in [4.69, 9.17) is 0 Å². The van der Waals surface area contributed by atoms with Crippen molar-refractivity contribution in [2.75, 3.05) is 0 Å². The van der Waals surface area contributed by atoms with Crippen LogP contribution in [0.1, 0.15) is 33.6 Å². The Bertz CT molecular complexity index is 198. The van der Waals surface area contributed by atoms with Crippen LogP contribution in [-0.4, -0.2) is 7.85 Å². The van der Waals surface area contributed by atoms with Crippen molar-refractivity contribution in [2.45, 2.75) is 41.5 Å². The Hall–Kier alpha value is 1.20. The molecule has 4 unspecified atom stereocenters. The van der Waals surface area contributed by atoms with Crippen LogP contribution in [0.5, 0.6) is 0 Å². The highest BCUT2D eigenvalue weighted by atomic mass is 127. The maximum Gasteiger partial charge on any atom is 0.0178 e. The van der Waals surface area contributed by atoms with Crippen LogP contribution in [0.2, 0.25) is 0 Å². The van der Waals surface area contributed by atoms with Crippen molar-refractivity contribution in [1.29, 1.82) is 0 Å². The number of allylic oxidation sites excluding steroid dienone is 2. The summed E-state index contributed by atoms with van der Waals surface area (Å²) in [4.78, 5) is 0. The molecule has 0 spiro atoms. The molecular formula is C11H18I2. The Morgan fingerprint density at radius 3 is 2.69 bits per heavy atom. The van der Waals surface area contributed by atoms with Gasteiger partial charge in [0.15, 0.2) is 0 Å². The third kappa shape index (κ3) is 3.08. The van der Waals surface area contributed by atoms with Gasteiger partial charge in [-0.25, -0.2) is 0 Å². The Balaban J connectivity index is 2.71. The van der Waals surface area contributed by atoms with Gasteiger partial charge >= 0.3 is 0 Å². The number of halogens is 2. The van der Waals surface area contributed by atoms with E-state index in [1.807, 2.05) is 0 Å². The van der Waals surface area contributed by atoms with E-state index in [2.05, 4.69) is 72.0 Å². The molecule has 0 nitrogen and oxygen atoms in total. The van der Waals surface area contributed by atoms with Crippen LogP contribution in [-0.2, 0) is 0 Å². The molecule has 0 fully saturated rings. The zero-order valence-corrected chi connectivity index (χ0v) is 12.9. The molecular weight excluding hydrogens is 386 g/mol. The first kappa shape index (κ1) is 12.3. The normalized spacial score (nSPS) is 37.0. The first-order chi connectivity index (χ1) is 6.06. The lowest BCUT2D eigenvalue weighted by Gasteiger charge is -2.31. The average molecular weight is 404 g/mol. The van der Waals surface area contributed by atoms with Gasteiger partial charge in [-0.05, 0) is 31.6 Å². The van der Waals surface area contributed by atoms with Crippen molar-refractivity contribution in [1.82, 2.24) is 0 Å². The summed E-state index contributed by atoms with van der Waals surface area (Å²) in [5.74, 6) is 1.61. The second-order valence-electron chi connectivity index (χ2n) is 4.04. The number of rotatable bonds is 2. The van der Waals surface area contributed by atoms with Crippen LogP contribution in [0, 0.1) is 11.8 Å². The molecule has 13 heavy (non-hydrogen) atoms. The fourth-order valence-corrected chi connectivity index (χ4v) is 3.52. The maximum absolute atomic E-state index is 2.62. The average Bonchev–Trinajstić information content (AvgIpc) is 2.12. The van der Waals surface area contributed by atoms with E-state index in [1.165, 1.54) is 12.8 Å². The van der Waals surface area contributed by atoms with Gasteiger partial charge in [-0.3, -0.25) is 0 Å². The van der Waals surface area contributed by atoms with Gasteiger partial charge < -0.3 is 0 Å². The Morgan fingerprint density at radius 2 is 2.23 bits per heavy atom. The molecule has 2 heteroatoms. The van der Waals surface area contributed by atoms with E-state index in [0.717, 1.165) is 19.7 Å². The molecule has 1 aliphatic rings. The lowest BCUT2D eigenvalue weighted by Crippen LogP contribution is -2.26. The summed E-state index contributed by atoms with van der Waals surface area (Å²) >= 11 is 5.22. The highest BCUT2D eigenvalue weighted by molar-refractivity contribution is 14.1. The van der Waals surface area contributed by atoms with Gasteiger partial charge in [0.2, 0.25) is 0 Å². The van der Waals surface area contributed by atoms with E-state index in [-0.39, 0.29) is 0 Å². The second-order valence-corrected chi connectivity index (χ2v) is 7.24. The molecule has 0 saturated heterocycles. The molecule has 0 bridgehead atoms. The fourth-order valence-electron chi connectivity index (χ4n) is 1.86. The fraction of sp³-hybridized carbons (Fsp3) is 0.818. The molecule has 0 aromatic carbocycles. The monoisotopic (exact) mass is 404 g/mol. The van der Waals surface area contributed by atoms with E-state index in [9.17, 15) is 0 Å². The van der Waals surface area contributed by atoms with Gasteiger partial charge in [0.1, 0.15) is 0 Å². The summed E-state index contributed by atoms with van der Waals surface area (Å²) in [6.07, 6.45) is 5.19.